The van der Waals surface area contributed by atoms with Gasteiger partial charge in [0.2, 0.25) is 0 Å². The van der Waals surface area contributed by atoms with Crippen LogP contribution in [0.1, 0.15) is 35.8 Å². The van der Waals surface area contributed by atoms with E-state index >= 15 is 0 Å². The third-order valence-electron chi connectivity index (χ3n) is 3.39. The average Bonchev–Trinajstić information content (AvgIpc) is 2.85. The molecular formula is C14H20N2O3. The number of methoxy groups -OCH3 is 1. The van der Waals surface area contributed by atoms with Gasteiger partial charge in [-0.3, -0.25) is 4.98 Å². The molecule has 1 aromatic heterocycles. The molecule has 0 radical (unpaired) electrons. The first-order chi connectivity index (χ1) is 9.14. The van der Waals surface area contributed by atoms with Gasteiger partial charge in [-0.1, -0.05) is 0 Å². The summed E-state index contributed by atoms with van der Waals surface area (Å²) in [5, 5.41) is 3.31. The molecule has 5 nitrogen and oxygen atoms in total. The Kier molecular flexibility index (Phi) is 4.50. The van der Waals surface area contributed by atoms with E-state index in [-0.39, 0.29) is 11.6 Å². The van der Waals surface area contributed by atoms with Crippen molar-refractivity contribution in [3.8, 4) is 0 Å². The zero-order valence-electron chi connectivity index (χ0n) is 11.4. The molecule has 1 saturated heterocycles. The lowest BCUT2D eigenvalue weighted by Gasteiger charge is -2.23. The molecule has 2 rings (SSSR count). The van der Waals surface area contributed by atoms with Crippen molar-refractivity contribution in [2.24, 2.45) is 0 Å². The van der Waals surface area contributed by atoms with Crippen LogP contribution in [0.2, 0.25) is 0 Å². The van der Waals surface area contributed by atoms with Crippen molar-refractivity contribution in [3.05, 3.63) is 29.6 Å². The molecule has 0 saturated carbocycles. The Hall–Kier alpha value is -1.46. The third-order valence-corrected chi connectivity index (χ3v) is 3.39. The minimum absolute atomic E-state index is 0.0970. The van der Waals surface area contributed by atoms with Gasteiger partial charge in [0.1, 0.15) is 0 Å². The molecule has 0 aliphatic carbocycles. The Morgan fingerprint density at radius 2 is 2.47 bits per heavy atom. The maximum atomic E-state index is 11.6. The van der Waals surface area contributed by atoms with E-state index in [4.69, 9.17) is 9.47 Å². The molecule has 1 unspecified atom stereocenters. The first-order valence-corrected chi connectivity index (χ1v) is 6.51. The second kappa shape index (κ2) is 6.12. The molecule has 0 spiro atoms. The van der Waals surface area contributed by atoms with Crippen LogP contribution in [-0.2, 0) is 16.0 Å². The maximum Gasteiger partial charge on any atom is 0.339 e. The number of pyridine rings is 1. The molecule has 0 amide bonds. The Labute approximate surface area is 113 Å². The Morgan fingerprint density at radius 3 is 3.16 bits per heavy atom. The van der Waals surface area contributed by atoms with E-state index in [1.165, 1.54) is 7.11 Å². The lowest BCUT2D eigenvalue weighted by molar-refractivity contribution is 0.0206. The highest BCUT2D eigenvalue weighted by molar-refractivity contribution is 5.90. The van der Waals surface area contributed by atoms with Crippen LogP contribution in [0, 0.1) is 0 Å². The summed E-state index contributed by atoms with van der Waals surface area (Å²) < 4.78 is 10.4. The maximum absolute atomic E-state index is 11.6. The second-order valence-corrected chi connectivity index (χ2v) is 4.99. The molecule has 1 aliphatic rings. The minimum atomic E-state index is -0.353. The van der Waals surface area contributed by atoms with E-state index in [2.05, 4.69) is 17.2 Å². The lowest BCUT2D eigenvalue weighted by Crippen LogP contribution is -2.37. The van der Waals surface area contributed by atoms with Gasteiger partial charge in [-0.05, 0) is 31.9 Å². The number of hydrogen-bond donors (Lipinski definition) is 1. The van der Waals surface area contributed by atoms with E-state index < -0.39 is 0 Å². The SMILES string of the molecule is COC(=O)c1cccnc1CNCC1(C)CCCO1. The number of esters is 1. The minimum Gasteiger partial charge on any atom is -0.465 e. The monoisotopic (exact) mass is 264 g/mol. The summed E-state index contributed by atoms with van der Waals surface area (Å²) >= 11 is 0. The molecule has 19 heavy (non-hydrogen) atoms. The van der Waals surface area contributed by atoms with E-state index in [1.807, 2.05) is 0 Å². The molecule has 0 aromatic carbocycles. The smallest absolute Gasteiger partial charge is 0.339 e. The van der Waals surface area contributed by atoms with Crippen molar-refractivity contribution in [2.75, 3.05) is 20.3 Å². The van der Waals surface area contributed by atoms with Crippen molar-refractivity contribution in [1.82, 2.24) is 10.3 Å². The van der Waals surface area contributed by atoms with Gasteiger partial charge < -0.3 is 14.8 Å². The normalized spacial score (nSPS) is 22.4. The zero-order chi connectivity index (χ0) is 13.7. The summed E-state index contributed by atoms with van der Waals surface area (Å²) in [6.07, 6.45) is 3.85. The van der Waals surface area contributed by atoms with Crippen LogP contribution in [0.4, 0.5) is 0 Å². The highest BCUT2D eigenvalue weighted by Gasteiger charge is 2.29. The predicted molar refractivity (Wildman–Crippen MR) is 70.9 cm³/mol. The lowest BCUT2D eigenvalue weighted by atomic mass is 10.0. The Bertz CT molecular complexity index is 442. The molecule has 1 aromatic rings. The fraction of sp³-hybridized carbons (Fsp3) is 0.571. The quantitative estimate of drug-likeness (QED) is 0.817. The topological polar surface area (TPSA) is 60.5 Å². The van der Waals surface area contributed by atoms with E-state index in [0.29, 0.717) is 17.8 Å². The molecule has 0 bridgehead atoms. The molecule has 1 N–H and O–H groups in total. The van der Waals surface area contributed by atoms with Crippen molar-refractivity contribution in [2.45, 2.75) is 31.9 Å². The van der Waals surface area contributed by atoms with Gasteiger partial charge in [0.15, 0.2) is 0 Å². The number of nitrogens with one attached hydrogen (secondary N) is 1. The molecule has 1 atom stereocenters. The number of ether oxygens (including phenoxy) is 2. The van der Waals surface area contributed by atoms with E-state index in [1.54, 1.807) is 18.3 Å². The first-order valence-electron chi connectivity index (χ1n) is 6.51. The van der Waals surface area contributed by atoms with Crippen LogP contribution in [0.15, 0.2) is 18.3 Å². The van der Waals surface area contributed by atoms with Gasteiger partial charge in [0.25, 0.3) is 0 Å². The van der Waals surface area contributed by atoms with Crippen molar-refractivity contribution < 1.29 is 14.3 Å². The largest absolute Gasteiger partial charge is 0.465 e. The molecule has 2 heterocycles. The average molecular weight is 264 g/mol. The van der Waals surface area contributed by atoms with Crippen LogP contribution < -0.4 is 5.32 Å². The highest BCUT2D eigenvalue weighted by atomic mass is 16.5. The zero-order valence-corrected chi connectivity index (χ0v) is 11.4. The summed E-state index contributed by atoms with van der Waals surface area (Å²) in [5.41, 5.74) is 1.12. The number of hydrogen-bond acceptors (Lipinski definition) is 5. The van der Waals surface area contributed by atoms with Crippen LogP contribution in [0.25, 0.3) is 0 Å². The fourth-order valence-corrected chi connectivity index (χ4v) is 2.30. The van der Waals surface area contributed by atoms with E-state index in [0.717, 1.165) is 26.0 Å². The summed E-state index contributed by atoms with van der Waals surface area (Å²) in [7, 11) is 1.37. The number of nitrogens with zero attached hydrogens (tertiary/aromatic N) is 1. The second-order valence-electron chi connectivity index (χ2n) is 4.99. The number of carbonyl (C=O) groups is 1. The third kappa shape index (κ3) is 3.52. The molecule has 104 valence electrons. The van der Waals surface area contributed by atoms with Gasteiger partial charge in [0, 0.05) is 25.9 Å². The molecule has 1 fully saturated rings. The van der Waals surface area contributed by atoms with Gasteiger partial charge >= 0.3 is 5.97 Å². The fourth-order valence-electron chi connectivity index (χ4n) is 2.30. The van der Waals surface area contributed by atoms with E-state index in [9.17, 15) is 4.79 Å². The predicted octanol–water partition coefficient (Wildman–Crippen LogP) is 1.53. The van der Waals surface area contributed by atoms with Crippen LogP contribution in [0.5, 0.6) is 0 Å². The molecule has 5 heteroatoms. The van der Waals surface area contributed by atoms with Gasteiger partial charge in [0.05, 0.1) is 24.0 Å². The summed E-state index contributed by atoms with van der Waals surface area (Å²) in [5.74, 6) is -0.353. The number of rotatable bonds is 5. The summed E-state index contributed by atoms with van der Waals surface area (Å²) in [4.78, 5) is 15.8. The number of aromatic nitrogens is 1. The highest BCUT2D eigenvalue weighted by Crippen LogP contribution is 2.24. The first kappa shape index (κ1) is 14.0. The van der Waals surface area contributed by atoms with Crippen molar-refractivity contribution in [3.63, 3.8) is 0 Å². The van der Waals surface area contributed by atoms with Crippen LogP contribution >= 0.6 is 0 Å². The van der Waals surface area contributed by atoms with Crippen molar-refractivity contribution >= 4 is 5.97 Å². The molecule has 1 aliphatic heterocycles. The summed E-state index contributed by atoms with van der Waals surface area (Å²) in [6, 6.07) is 3.46. The Balaban J connectivity index is 1.94. The van der Waals surface area contributed by atoms with Gasteiger partial charge in [-0.25, -0.2) is 4.79 Å². The molecular weight excluding hydrogens is 244 g/mol. The standard InChI is InChI=1S/C14H20N2O3/c1-14(6-4-8-19-14)10-15-9-12-11(13(17)18-2)5-3-7-16-12/h3,5,7,15H,4,6,8-10H2,1-2H3. The van der Waals surface area contributed by atoms with Crippen LogP contribution in [-0.4, -0.2) is 36.8 Å². The Morgan fingerprint density at radius 1 is 1.63 bits per heavy atom. The summed E-state index contributed by atoms with van der Waals surface area (Å²) in [6.45, 7) is 4.22. The van der Waals surface area contributed by atoms with Gasteiger partial charge in [-0.15, -0.1) is 0 Å². The van der Waals surface area contributed by atoms with Crippen LogP contribution in [0.3, 0.4) is 0 Å². The van der Waals surface area contributed by atoms with Crippen molar-refractivity contribution in [1.29, 1.82) is 0 Å². The van der Waals surface area contributed by atoms with Gasteiger partial charge in [-0.2, -0.15) is 0 Å². The number of carbonyl (C=O) groups excluding carboxylic acids is 1.